The third-order valence-corrected chi connectivity index (χ3v) is 3.64. The molecule has 0 fully saturated rings. The van der Waals surface area contributed by atoms with E-state index in [1.54, 1.807) is 12.4 Å². The van der Waals surface area contributed by atoms with E-state index in [1.165, 1.54) is 0 Å². The molecule has 108 valence electrons. The van der Waals surface area contributed by atoms with Gasteiger partial charge >= 0.3 is 0 Å². The molecule has 3 rings (SSSR count). The molecule has 2 aromatic heterocycles. The first-order chi connectivity index (χ1) is 10.3. The molecule has 1 unspecified atom stereocenters. The van der Waals surface area contributed by atoms with Crippen molar-refractivity contribution in [2.24, 2.45) is 5.84 Å². The van der Waals surface area contributed by atoms with Crippen molar-refractivity contribution < 1.29 is 0 Å². The number of benzene rings is 1. The molecule has 6 heteroatoms. The molecule has 0 saturated carbocycles. The lowest BCUT2D eigenvalue weighted by atomic mass is 10.0. The fraction of sp³-hybridized carbons (Fsp3) is 0.267. The zero-order chi connectivity index (χ0) is 14.7. The van der Waals surface area contributed by atoms with Crippen LogP contribution in [0.25, 0.3) is 11.0 Å². The fourth-order valence-corrected chi connectivity index (χ4v) is 2.56. The number of imidazole rings is 1. The van der Waals surface area contributed by atoms with Gasteiger partial charge in [0.25, 0.3) is 0 Å². The molecule has 0 radical (unpaired) electrons. The van der Waals surface area contributed by atoms with Gasteiger partial charge in [0.1, 0.15) is 5.82 Å². The quantitative estimate of drug-likeness (QED) is 0.548. The summed E-state index contributed by atoms with van der Waals surface area (Å²) in [5, 5.41) is 0. The first kappa shape index (κ1) is 13.7. The van der Waals surface area contributed by atoms with E-state index >= 15 is 0 Å². The maximum atomic E-state index is 5.77. The van der Waals surface area contributed by atoms with E-state index in [2.05, 4.69) is 31.9 Å². The number of hydrogen-bond donors (Lipinski definition) is 2. The van der Waals surface area contributed by atoms with Gasteiger partial charge in [-0.1, -0.05) is 12.1 Å². The molecule has 2 heterocycles. The van der Waals surface area contributed by atoms with Gasteiger partial charge in [-0.05, 0) is 18.6 Å². The van der Waals surface area contributed by atoms with Crippen LogP contribution in [0.2, 0.25) is 0 Å². The highest BCUT2D eigenvalue weighted by Crippen LogP contribution is 2.23. The molecule has 6 nitrogen and oxygen atoms in total. The predicted molar refractivity (Wildman–Crippen MR) is 81.2 cm³/mol. The van der Waals surface area contributed by atoms with Crippen LogP contribution in [0, 0.1) is 0 Å². The lowest BCUT2D eigenvalue weighted by Gasteiger charge is -2.17. The Balaban J connectivity index is 1.99. The molecule has 3 N–H and O–H groups in total. The summed E-state index contributed by atoms with van der Waals surface area (Å²) in [7, 11) is 0. The van der Waals surface area contributed by atoms with E-state index in [-0.39, 0.29) is 6.04 Å². The highest BCUT2D eigenvalue weighted by Gasteiger charge is 2.17. The summed E-state index contributed by atoms with van der Waals surface area (Å²) in [4.78, 5) is 13.2. The average molecular weight is 282 g/mol. The van der Waals surface area contributed by atoms with E-state index < -0.39 is 0 Å². The van der Waals surface area contributed by atoms with Crippen molar-refractivity contribution in [2.75, 3.05) is 0 Å². The van der Waals surface area contributed by atoms with Crippen LogP contribution in [0.3, 0.4) is 0 Å². The molecule has 1 aromatic carbocycles. The number of hydrazine groups is 1. The second kappa shape index (κ2) is 5.99. The number of aryl methyl sites for hydroxylation is 1. The summed E-state index contributed by atoms with van der Waals surface area (Å²) in [5.74, 6) is 6.77. The minimum Gasteiger partial charge on any atom is -0.335 e. The van der Waals surface area contributed by atoms with E-state index in [1.807, 2.05) is 30.6 Å². The summed E-state index contributed by atoms with van der Waals surface area (Å²) in [6.45, 7) is 2.99. The van der Waals surface area contributed by atoms with Gasteiger partial charge in [-0.25, -0.2) is 4.98 Å². The number of para-hydroxylation sites is 1. The molecule has 0 amide bonds. The number of fused-ring (bicyclic) bond motifs is 1. The number of nitrogens with zero attached hydrogens (tertiary/aromatic N) is 4. The first-order valence-corrected chi connectivity index (χ1v) is 6.99. The van der Waals surface area contributed by atoms with Crippen molar-refractivity contribution >= 4 is 11.0 Å². The second-order valence-corrected chi connectivity index (χ2v) is 4.82. The highest BCUT2D eigenvalue weighted by molar-refractivity contribution is 5.78. The predicted octanol–water partition coefficient (Wildman–Crippen LogP) is 1.59. The van der Waals surface area contributed by atoms with Crippen LogP contribution >= 0.6 is 0 Å². The van der Waals surface area contributed by atoms with Gasteiger partial charge in [0, 0.05) is 37.8 Å². The molecule has 0 aliphatic carbocycles. The maximum absolute atomic E-state index is 5.77. The van der Waals surface area contributed by atoms with Gasteiger partial charge in [-0.2, -0.15) is 0 Å². The van der Waals surface area contributed by atoms with Crippen molar-refractivity contribution in [1.29, 1.82) is 0 Å². The van der Waals surface area contributed by atoms with Gasteiger partial charge in [0.15, 0.2) is 0 Å². The van der Waals surface area contributed by atoms with Crippen molar-refractivity contribution in [3.05, 3.63) is 54.4 Å². The van der Waals surface area contributed by atoms with Crippen molar-refractivity contribution in [3.8, 4) is 0 Å². The summed E-state index contributed by atoms with van der Waals surface area (Å²) in [6, 6.07) is 5.90. The molecule has 0 aliphatic heterocycles. The van der Waals surface area contributed by atoms with Crippen molar-refractivity contribution in [3.63, 3.8) is 0 Å². The normalized spacial score (nSPS) is 12.7. The third kappa shape index (κ3) is 2.63. The Morgan fingerprint density at radius 2 is 2.05 bits per heavy atom. The molecular formula is C15H18N6. The van der Waals surface area contributed by atoms with Gasteiger partial charge in [-0.3, -0.25) is 21.2 Å². The van der Waals surface area contributed by atoms with Crippen LogP contribution in [-0.4, -0.2) is 19.5 Å². The van der Waals surface area contributed by atoms with Crippen LogP contribution in [0.5, 0.6) is 0 Å². The van der Waals surface area contributed by atoms with E-state index in [9.17, 15) is 0 Å². The summed E-state index contributed by atoms with van der Waals surface area (Å²) >= 11 is 0. The third-order valence-electron chi connectivity index (χ3n) is 3.64. The Morgan fingerprint density at radius 1 is 1.19 bits per heavy atom. The molecule has 21 heavy (non-hydrogen) atoms. The molecule has 0 aliphatic rings. The Bertz CT molecular complexity index is 730. The lowest BCUT2D eigenvalue weighted by molar-refractivity contribution is 0.525. The van der Waals surface area contributed by atoms with Crippen LogP contribution in [0.15, 0.2) is 43.0 Å². The number of nitrogens with two attached hydrogens (primary N) is 1. The van der Waals surface area contributed by atoms with Crippen LogP contribution in [0.4, 0.5) is 0 Å². The largest absolute Gasteiger partial charge is 0.335 e. The standard InChI is InChI=1S/C15H18N6/c1-2-21-9-8-18-14(21)10-13(20-16)11-4-3-5-12-15(11)19-7-6-17-12/h3-9,13,20H,2,10,16H2,1H3. The molecule has 0 bridgehead atoms. The summed E-state index contributed by atoms with van der Waals surface area (Å²) in [5.41, 5.74) is 5.66. The average Bonchev–Trinajstić information content (AvgIpc) is 2.99. The van der Waals surface area contributed by atoms with E-state index in [0.717, 1.165) is 29.0 Å². The Kier molecular flexibility index (Phi) is 3.89. The Hall–Kier alpha value is -2.31. The topological polar surface area (TPSA) is 81.7 Å². The number of nitrogens with one attached hydrogen (secondary N) is 1. The molecule has 3 aromatic rings. The Labute approximate surface area is 123 Å². The van der Waals surface area contributed by atoms with Crippen molar-refractivity contribution in [2.45, 2.75) is 25.9 Å². The SMILES string of the molecule is CCn1ccnc1CC(NN)c1cccc2nccnc12. The number of rotatable bonds is 5. The number of aromatic nitrogens is 4. The monoisotopic (exact) mass is 282 g/mol. The minimum absolute atomic E-state index is 0.0573. The van der Waals surface area contributed by atoms with Gasteiger partial charge in [0.2, 0.25) is 0 Å². The fourth-order valence-electron chi connectivity index (χ4n) is 2.56. The zero-order valence-electron chi connectivity index (χ0n) is 11.9. The molecule has 0 saturated heterocycles. The van der Waals surface area contributed by atoms with Crippen LogP contribution in [0.1, 0.15) is 24.4 Å². The smallest absolute Gasteiger partial charge is 0.110 e. The second-order valence-electron chi connectivity index (χ2n) is 4.82. The summed E-state index contributed by atoms with van der Waals surface area (Å²) < 4.78 is 2.11. The van der Waals surface area contributed by atoms with Gasteiger partial charge in [-0.15, -0.1) is 0 Å². The highest BCUT2D eigenvalue weighted by atomic mass is 15.2. The molecule has 1 atom stereocenters. The molecule has 0 spiro atoms. The van der Waals surface area contributed by atoms with E-state index in [0.29, 0.717) is 6.42 Å². The van der Waals surface area contributed by atoms with Crippen LogP contribution < -0.4 is 11.3 Å². The van der Waals surface area contributed by atoms with Crippen molar-refractivity contribution in [1.82, 2.24) is 24.9 Å². The first-order valence-electron chi connectivity index (χ1n) is 6.99. The zero-order valence-corrected chi connectivity index (χ0v) is 11.9. The van der Waals surface area contributed by atoms with Gasteiger partial charge < -0.3 is 4.57 Å². The maximum Gasteiger partial charge on any atom is 0.110 e. The summed E-state index contributed by atoms with van der Waals surface area (Å²) in [6.07, 6.45) is 7.89. The van der Waals surface area contributed by atoms with Gasteiger partial charge in [0.05, 0.1) is 17.1 Å². The molecular weight excluding hydrogens is 264 g/mol. The van der Waals surface area contributed by atoms with E-state index in [4.69, 9.17) is 5.84 Å². The minimum atomic E-state index is -0.0573. The Morgan fingerprint density at radius 3 is 2.86 bits per heavy atom. The number of hydrogen-bond acceptors (Lipinski definition) is 5. The van der Waals surface area contributed by atoms with Crippen LogP contribution in [-0.2, 0) is 13.0 Å². The lowest BCUT2D eigenvalue weighted by Crippen LogP contribution is -2.30.